The number of carbonyl (C=O) groups is 4. The molecule has 0 unspecified atom stereocenters. The van der Waals surface area contributed by atoms with Crippen LogP contribution in [0.25, 0.3) is 0 Å². The van der Waals surface area contributed by atoms with Crippen molar-refractivity contribution in [1.29, 1.82) is 0 Å². The first-order valence-electron chi connectivity index (χ1n) is 8.68. The predicted molar refractivity (Wildman–Crippen MR) is 99.0 cm³/mol. The van der Waals surface area contributed by atoms with Gasteiger partial charge in [0.1, 0.15) is 18.1 Å². The number of rotatable bonds is 6. The van der Waals surface area contributed by atoms with Crippen LogP contribution in [0.5, 0.6) is 0 Å². The zero-order valence-corrected chi connectivity index (χ0v) is 15.8. The van der Waals surface area contributed by atoms with E-state index in [1.807, 2.05) is 0 Å². The van der Waals surface area contributed by atoms with Gasteiger partial charge in [-0.3, -0.25) is 19.3 Å². The summed E-state index contributed by atoms with van der Waals surface area (Å²) in [7, 11) is 1.37. The number of hydrogen-bond acceptors (Lipinski definition) is 5. The van der Waals surface area contributed by atoms with E-state index in [1.54, 1.807) is 12.1 Å². The molecule has 3 rings (SSSR count). The minimum atomic E-state index is -1.40. The molecule has 9 nitrogen and oxygen atoms in total. The Hall–Kier alpha value is -3.69. The average Bonchev–Trinajstić information content (AvgIpc) is 3.28. The molecule has 1 aliphatic heterocycles. The molecule has 0 aliphatic carbocycles. The third kappa shape index (κ3) is 4.10. The van der Waals surface area contributed by atoms with Crippen molar-refractivity contribution in [1.82, 2.24) is 15.1 Å². The Labute approximate surface area is 165 Å². The SMILES string of the molecule is CN(CC(=O)Nc1ccc(F)cc1)C(=O)CN1C(=O)N[C@](C)(c2ccco2)C1=O. The largest absolute Gasteiger partial charge is 0.466 e. The zero-order valence-electron chi connectivity index (χ0n) is 15.8. The number of urea groups is 1. The third-order valence-corrected chi connectivity index (χ3v) is 4.52. The first-order valence-corrected chi connectivity index (χ1v) is 8.68. The molecule has 0 saturated carbocycles. The maximum atomic E-state index is 12.9. The Bertz CT molecular complexity index is 944. The standard InChI is InChI=1S/C19H19FN4O5/c1-19(14-4-3-9-29-14)17(27)24(18(28)22-19)11-16(26)23(2)10-15(25)21-13-7-5-12(20)6-8-13/h3-9H,10-11H2,1-2H3,(H,21,25)(H,22,28)/t19-/m1/s1. The van der Waals surface area contributed by atoms with Crippen molar-refractivity contribution in [3.8, 4) is 0 Å². The first-order chi connectivity index (χ1) is 13.7. The van der Waals surface area contributed by atoms with Gasteiger partial charge in [0.15, 0.2) is 5.54 Å². The second-order valence-electron chi connectivity index (χ2n) is 6.73. The van der Waals surface area contributed by atoms with Gasteiger partial charge >= 0.3 is 6.03 Å². The number of nitrogens with zero attached hydrogens (tertiary/aromatic N) is 2. The van der Waals surface area contributed by atoms with Gasteiger partial charge in [-0.05, 0) is 43.3 Å². The minimum absolute atomic E-state index is 0.248. The number of imide groups is 1. The molecule has 2 N–H and O–H groups in total. The van der Waals surface area contributed by atoms with Crippen molar-refractivity contribution in [3.05, 3.63) is 54.2 Å². The van der Waals surface area contributed by atoms with Crippen molar-refractivity contribution in [2.45, 2.75) is 12.5 Å². The van der Waals surface area contributed by atoms with Crippen LogP contribution in [0.4, 0.5) is 14.9 Å². The van der Waals surface area contributed by atoms with Gasteiger partial charge in [-0.2, -0.15) is 0 Å². The molecule has 29 heavy (non-hydrogen) atoms. The van der Waals surface area contributed by atoms with E-state index in [4.69, 9.17) is 4.42 Å². The van der Waals surface area contributed by atoms with Crippen molar-refractivity contribution in [2.75, 3.05) is 25.5 Å². The highest BCUT2D eigenvalue weighted by Gasteiger charge is 2.51. The Morgan fingerprint density at radius 1 is 1.24 bits per heavy atom. The van der Waals surface area contributed by atoms with E-state index >= 15 is 0 Å². The number of nitrogens with one attached hydrogen (secondary N) is 2. The summed E-state index contributed by atoms with van der Waals surface area (Å²) in [4.78, 5) is 51.3. The molecule has 1 aromatic heterocycles. The lowest BCUT2D eigenvalue weighted by Gasteiger charge is -2.21. The third-order valence-electron chi connectivity index (χ3n) is 4.52. The summed E-state index contributed by atoms with van der Waals surface area (Å²) in [6.45, 7) is 0.646. The molecule has 0 bridgehead atoms. The van der Waals surface area contributed by atoms with Crippen molar-refractivity contribution >= 4 is 29.4 Å². The number of benzene rings is 1. The van der Waals surface area contributed by atoms with Crippen LogP contribution >= 0.6 is 0 Å². The smallest absolute Gasteiger partial charge is 0.325 e. The molecule has 2 aromatic rings. The molecule has 0 spiro atoms. The quantitative estimate of drug-likeness (QED) is 0.707. The van der Waals surface area contributed by atoms with E-state index in [0.29, 0.717) is 5.69 Å². The predicted octanol–water partition coefficient (Wildman–Crippen LogP) is 1.28. The summed E-state index contributed by atoms with van der Waals surface area (Å²) in [5.74, 6) is -1.94. The van der Waals surface area contributed by atoms with Gasteiger partial charge < -0.3 is 20.0 Å². The van der Waals surface area contributed by atoms with E-state index in [-0.39, 0.29) is 12.3 Å². The summed E-state index contributed by atoms with van der Waals surface area (Å²) in [6.07, 6.45) is 1.38. The maximum absolute atomic E-state index is 12.9. The lowest BCUT2D eigenvalue weighted by Crippen LogP contribution is -2.45. The zero-order chi connectivity index (χ0) is 21.2. The minimum Gasteiger partial charge on any atom is -0.466 e. The lowest BCUT2D eigenvalue weighted by molar-refractivity contribution is -0.139. The van der Waals surface area contributed by atoms with Gasteiger partial charge in [0.25, 0.3) is 5.91 Å². The molecular weight excluding hydrogens is 383 g/mol. The summed E-state index contributed by atoms with van der Waals surface area (Å²) in [6, 6.07) is 7.56. The maximum Gasteiger partial charge on any atom is 0.325 e. The van der Waals surface area contributed by atoms with Crippen molar-refractivity contribution in [2.24, 2.45) is 0 Å². The molecule has 2 heterocycles. The van der Waals surface area contributed by atoms with Crippen LogP contribution in [-0.4, -0.2) is 53.7 Å². The van der Waals surface area contributed by atoms with Gasteiger partial charge in [0, 0.05) is 12.7 Å². The van der Waals surface area contributed by atoms with Gasteiger partial charge in [0.05, 0.1) is 12.8 Å². The fourth-order valence-electron chi connectivity index (χ4n) is 2.86. The van der Waals surface area contributed by atoms with Crippen LogP contribution in [0, 0.1) is 5.82 Å². The molecule has 1 aromatic carbocycles. The summed E-state index contributed by atoms with van der Waals surface area (Å²) < 4.78 is 18.1. The van der Waals surface area contributed by atoms with Gasteiger partial charge in [0.2, 0.25) is 11.8 Å². The highest BCUT2D eigenvalue weighted by molar-refractivity contribution is 6.09. The number of anilines is 1. The van der Waals surface area contributed by atoms with Gasteiger partial charge in [-0.15, -0.1) is 0 Å². The van der Waals surface area contributed by atoms with E-state index in [1.165, 1.54) is 44.5 Å². The average molecular weight is 402 g/mol. The van der Waals surface area contributed by atoms with Crippen LogP contribution in [-0.2, 0) is 19.9 Å². The number of hydrogen-bond donors (Lipinski definition) is 2. The van der Waals surface area contributed by atoms with Gasteiger partial charge in [-0.1, -0.05) is 0 Å². The molecule has 5 amide bonds. The summed E-state index contributed by atoms with van der Waals surface area (Å²) in [5.41, 5.74) is -1.03. The van der Waals surface area contributed by atoms with Crippen LogP contribution < -0.4 is 10.6 Å². The highest BCUT2D eigenvalue weighted by atomic mass is 19.1. The summed E-state index contributed by atoms with van der Waals surface area (Å²) >= 11 is 0. The van der Waals surface area contributed by atoms with E-state index in [0.717, 1.165) is 9.80 Å². The second-order valence-corrected chi connectivity index (χ2v) is 6.73. The molecule has 1 fully saturated rings. The normalized spacial score (nSPS) is 18.5. The molecule has 1 saturated heterocycles. The number of furan rings is 1. The molecular formula is C19H19FN4O5. The van der Waals surface area contributed by atoms with Gasteiger partial charge in [-0.25, -0.2) is 9.18 Å². The number of likely N-dealkylation sites (N-methyl/N-ethyl adjacent to an activating group) is 1. The number of amides is 5. The van der Waals surface area contributed by atoms with E-state index in [9.17, 15) is 23.6 Å². The second kappa shape index (κ2) is 7.74. The Morgan fingerprint density at radius 2 is 1.93 bits per heavy atom. The van der Waals surface area contributed by atoms with E-state index in [2.05, 4.69) is 10.6 Å². The monoisotopic (exact) mass is 402 g/mol. The fourth-order valence-corrected chi connectivity index (χ4v) is 2.86. The Morgan fingerprint density at radius 3 is 2.55 bits per heavy atom. The lowest BCUT2D eigenvalue weighted by atomic mass is 9.99. The highest BCUT2D eigenvalue weighted by Crippen LogP contribution is 2.28. The topological polar surface area (TPSA) is 112 Å². The molecule has 0 radical (unpaired) electrons. The molecule has 1 aliphatic rings. The van der Waals surface area contributed by atoms with Crippen molar-refractivity contribution < 1.29 is 28.0 Å². The summed E-state index contributed by atoms with van der Waals surface area (Å²) in [5, 5.41) is 5.04. The van der Waals surface area contributed by atoms with Crippen LogP contribution in [0.1, 0.15) is 12.7 Å². The first kappa shape index (κ1) is 20.1. The van der Waals surface area contributed by atoms with E-state index < -0.39 is 41.7 Å². The van der Waals surface area contributed by atoms with Crippen LogP contribution in [0.15, 0.2) is 47.1 Å². The Balaban J connectivity index is 1.59. The van der Waals surface area contributed by atoms with Crippen LogP contribution in [0.3, 0.4) is 0 Å². The molecule has 1 atom stereocenters. The fraction of sp³-hybridized carbons (Fsp3) is 0.263. The Kier molecular flexibility index (Phi) is 5.35. The number of carbonyl (C=O) groups excluding carboxylic acids is 4. The van der Waals surface area contributed by atoms with Crippen LogP contribution in [0.2, 0.25) is 0 Å². The number of halogens is 1. The van der Waals surface area contributed by atoms with Crippen molar-refractivity contribution in [3.63, 3.8) is 0 Å². The molecule has 10 heteroatoms. The molecule has 152 valence electrons.